The third-order valence-electron chi connectivity index (χ3n) is 5.37. The summed E-state index contributed by atoms with van der Waals surface area (Å²) >= 11 is 0. The van der Waals surface area contributed by atoms with E-state index in [1.165, 1.54) is 30.3 Å². The number of halogens is 2. The summed E-state index contributed by atoms with van der Waals surface area (Å²) < 4.78 is 28.5. The van der Waals surface area contributed by atoms with Gasteiger partial charge in [-0.15, -0.1) is 5.10 Å². The number of amides is 1. The van der Waals surface area contributed by atoms with Crippen LogP contribution in [0.25, 0.3) is 5.69 Å². The van der Waals surface area contributed by atoms with Crippen molar-refractivity contribution in [2.75, 3.05) is 18.0 Å². The molecule has 0 saturated carbocycles. The van der Waals surface area contributed by atoms with Crippen molar-refractivity contribution in [1.82, 2.24) is 15.1 Å². The number of nitrogens with one attached hydrogen (secondary N) is 1. The summed E-state index contributed by atoms with van der Waals surface area (Å²) in [6.45, 7) is 1.24. The molecule has 2 aromatic carbocycles. The molecule has 6 nitrogen and oxygen atoms in total. The maximum atomic E-state index is 13.8. The molecule has 4 rings (SSSR count). The first kappa shape index (κ1) is 20.7. The average molecular weight is 424 g/mol. The fourth-order valence-electron chi connectivity index (χ4n) is 3.73. The molecule has 3 aromatic rings. The number of nitrogens with zero attached hydrogens (tertiary/aromatic N) is 3. The van der Waals surface area contributed by atoms with Crippen molar-refractivity contribution in [2.45, 2.75) is 19.4 Å². The largest absolute Gasteiger partial charge is 0.354 e. The highest BCUT2D eigenvalue weighted by Gasteiger charge is 2.27. The van der Waals surface area contributed by atoms with Gasteiger partial charge < -0.3 is 10.2 Å². The van der Waals surface area contributed by atoms with Gasteiger partial charge in [0.2, 0.25) is 5.91 Å². The molecule has 8 heteroatoms. The van der Waals surface area contributed by atoms with Crippen molar-refractivity contribution in [2.24, 2.45) is 5.92 Å². The number of carbonyl (C=O) groups excluding carboxylic acids is 1. The number of benzene rings is 2. The fraction of sp³-hybridized carbons (Fsp3) is 0.261. The lowest BCUT2D eigenvalue weighted by atomic mass is 9.97. The van der Waals surface area contributed by atoms with Gasteiger partial charge in [-0.25, -0.2) is 8.78 Å². The second-order valence-corrected chi connectivity index (χ2v) is 7.52. The Labute approximate surface area is 178 Å². The van der Waals surface area contributed by atoms with Crippen LogP contribution in [0.5, 0.6) is 0 Å². The number of anilines is 1. The lowest BCUT2D eigenvalue weighted by Crippen LogP contribution is -2.43. The van der Waals surface area contributed by atoms with E-state index in [4.69, 9.17) is 0 Å². The van der Waals surface area contributed by atoms with E-state index >= 15 is 0 Å². The highest BCUT2D eigenvalue weighted by atomic mass is 19.1. The van der Waals surface area contributed by atoms with Crippen LogP contribution in [0.1, 0.15) is 18.4 Å². The third-order valence-corrected chi connectivity index (χ3v) is 5.37. The molecule has 0 aliphatic carbocycles. The average Bonchev–Trinajstić information content (AvgIpc) is 2.79. The predicted molar refractivity (Wildman–Crippen MR) is 113 cm³/mol. The summed E-state index contributed by atoms with van der Waals surface area (Å²) in [4.78, 5) is 26.8. The minimum atomic E-state index is -0.457. The van der Waals surface area contributed by atoms with Crippen LogP contribution in [0.3, 0.4) is 0 Å². The van der Waals surface area contributed by atoms with E-state index in [0.29, 0.717) is 36.6 Å². The highest BCUT2D eigenvalue weighted by Crippen LogP contribution is 2.22. The second kappa shape index (κ2) is 9.07. The maximum Gasteiger partial charge on any atom is 0.271 e. The van der Waals surface area contributed by atoms with E-state index in [1.54, 1.807) is 30.3 Å². The van der Waals surface area contributed by atoms with Crippen molar-refractivity contribution in [3.8, 4) is 5.69 Å². The van der Waals surface area contributed by atoms with Gasteiger partial charge in [0, 0.05) is 31.3 Å². The van der Waals surface area contributed by atoms with E-state index in [-0.39, 0.29) is 29.7 Å². The molecule has 2 heterocycles. The van der Waals surface area contributed by atoms with E-state index in [0.717, 1.165) is 11.1 Å². The van der Waals surface area contributed by atoms with Gasteiger partial charge in [-0.3, -0.25) is 9.59 Å². The van der Waals surface area contributed by atoms with E-state index < -0.39 is 5.82 Å². The van der Waals surface area contributed by atoms with Crippen LogP contribution < -0.4 is 15.8 Å². The molecule has 1 amide bonds. The topological polar surface area (TPSA) is 67.2 Å². The van der Waals surface area contributed by atoms with E-state index in [1.807, 2.05) is 4.90 Å². The van der Waals surface area contributed by atoms with Gasteiger partial charge in [-0.1, -0.05) is 24.3 Å². The Morgan fingerprint density at radius 1 is 1.10 bits per heavy atom. The first-order chi connectivity index (χ1) is 15.0. The summed E-state index contributed by atoms with van der Waals surface area (Å²) in [6.07, 6.45) is 1.49. The summed E-state index contributed by atoms with van der Waals surface area (Å²) in [5.41, 5.74) is 0.404. The number of hydrogen-bond acceptors (Lipinski definition) is 4. The second-order valence-electron chi connectivity index (χ2n) is 7.52. The Hall–Kier alpha value is -3.55. The molecule has 1 atom stereocenters. The van der Waals surface area contributed by atoms with Crippen molar-refractivity contribution < 1.29 is 13.6 Å². The monoisotopic (exact) mass is 424 g/mol. The predicted octanol–water partition coefficient (Wildman–Crippen LogP) is 3.04. The van der Waals surface area contributed by atoms with Gasteiger partial charge in [0.15, 0.2) is 0 Å². The SMILES string of the molecule is O=C(NCc1ccccc1F)[C@H]1CCCN(c2ccc(=O)n(-c3cccc(F)c3)n2)C1. The first-order valence-electron chi connectivity index (χ1n) is 10.1. The lowest BCUT2D eigenvalue weighted by molar-refractivity contribution is -0.125. The molecule has 1 fully saturated rings. The molecule has 1 aliphatic rings. The zero-order valence-corrected chi connectivity index (χ0v) is 16.8. The molecule has 31 heavy (non-hydrogen) atoms. The van der Waals surface area contributed by atoms with Crippen molar-refractivity contribution in [3.63, 3.8) is 0 Å². The first-order valence-corrected chi connectivity index (χ1v) is 10.1. The van der Waals surface area contributed by atoms with Gasteiger partial charge in [0.05, 0.1) is 11.6 Å². The summed E-state index contributed by atoms with van der Waals surface area (Å²) in [6, 6.07) is 15.0. The highest BCUT2D eigenvalue weighted by molar-refractivity contribution is 5.79. The zero-order chi connectivity index (χ0) is 21.8. The minimum Gasteiger partial charge on any atom is -0.354 e. The number of hydrogen-bond donors (Lipinski definition) is 1. The summed E-state index contributed by atoms with van der Waals surface area (Å²) in [5.74, 6) is -0.697. The van der Waals surface area contributed by atoms with Crippen LogP contribution in [0.15, 0.2) is 65.5 Å². The zero-order valence-electron chi connectivity index (χ0n) is 16.8. The Morgan fingerprint density at radius 2 is 1.94 bits per heavy atom. The van der Waals surface area contributed by atoms with Gasteiger partial charge in [0.25, 0.3) is 5.56 Å². The van der Waals surface area contributed by atoms with E-state index in [9.17, 15) is 18.4 Å². The quantitative estimate of drug-likeness (QED) is 0.684. The summed E-state index contributed by atoms with van der Waals surface area (Å²) in [5, 5.41) is 7.20. The third kappa shape index (κ3) is 4.79. The van der Waals surface area contributed by atoms with Gasteiger partial charge in [-0.05, 0) is 43.2 Å². The molecular formula is C23H22F2N4O2. The van der Waals surface area contributed by atoms with Crippen LogP contribution in [-0.2, 0) is 11.3 Å². The lowest BCUT2D eigenvalue weighted by Gasteiger charge is -2.33. The van der Waals surface area contributed by atoms with Crippen LogP contribution in [0, 0.1) is 17.6 Å². The normalized spacial score (nSPS) is 16.2. The van der Waals surface area contributed by atoms with Crippen LogP contribution in [-0.4, -0.2) is 28.8 Å². The van der Waals surface area contributed by atoms with Crippen molar-refractivity contribution in [3.05, 3.63) is 88.2 Å². The molecule has 1 aromatic heterocycles. The standard InChI is InChI=1S/C23H22F2N4O2/c24-18-7-3-8-19(13-18)29-22(30)11-10-21(27-29)28-12-4-6-17(15-28)23(31)26-14-16-5-1-2-9-20(16)25/h1-3,5,7-11,13,17H,4,6,12,14-15H2,(H,26,31)/t17-/m0/s1. The molecule has 160 valence electrons. The Kier molecular flexibility index (Phi) is 6.06. The number of rotatable bonds is 5. The van der Waals surface area contributed by atoms with Gasteiger partial charge in [0.1, 0.15) is 17.5 Å². The van der Waals surface area contributed by atoms with E-state index in [2.05, 4.69) is 10.4 Å². The van der Waals surface area contributed by atoms with Crippen LogP contribution >= 0.6 is 0 Å². The molecular weight excluding hydrogens is 402 g/mol. The summed E-state index contributed by atoms with van der Waals surface area (Å²) in [7, 11) is 0. The Morgan fingerprint density at radius 3 is 2.74 bits per heavy atom. The maximum absolute atomic E-state index is 13.8. The van der Waals surface area contributed by atoms with Crippen LogP contribution in [0.4, 0.5) is 14.6 Å². The number of carbonyl (C=O) groups is 1. The Bertz CT molecular complexity index is 1150. The van der Waals surface area contributed by atoms with Crippen LogP contribution in [0.2, 0.25) is 0 Å². The van der Waals surface area contributed by atoms with Crippen molar-refractivity contribution >= 4 is 11.7 Å². The Balaban J connectivity index is 1.47. The molecule has 0 radical (unpaired) electrons. The number of aromatic nitrogens is 2. The molecule has 0 bridgehead atoms. The van der Waals surface area contributed by atoms with Gasteiger partial charge >= 0.3 is 0 Å². The molecule has 1 saturated heterocycles. The smallest absolute Gasteiger partial charge is 0.271 e. The number of piperidine rings is 1. The van der Waals surface area contributed by atoms with Crippen molar-refractivity contribution in [1.29, 1.82) is 0 Å². The van der Waals surface area contributed by atoms with Gasteiger partial charge in [-0.2, -0.15) is 4.68 Å². The minimum absolute atomic E-state index is 0.130. The fourth-order valence-corrected chi connectivity index (χ4v) is 3.73. The molecule has 1 aliphatic heterocycles. The molecule has 0 spiro atoms. The molecule has 0 unspecified atom stereocenters. The molecule has 1 N–H and O–H groups in total.